The van der Waals surface area contributed by atoms with Crippen LogP contribution in [-0.2, 0) is 0 Å². The van der Waals surface area contributed by atoms with E-state index in [1.165, 1.54) is 16.7 Å². The first kappa shape index (κ1) is 17.0. The van der Waals surface area contributed by atoms with Crippen LogP contribution in [-0.4, -0.2) is 29.3 Å². The van der Waals surface area contributed by atoms with Crippen LogP contribution in [0.25, 0.3) is 10.6 Å². The first-order valence-corrected chi connectivity index (χ1v) is 8.61. The first-order chi connectivity index (χ1) is 12.1. The fourth-order valence-electron chi connectivity index (χ4n) is 2.25. The number of aryl methyl sites for hydroxylation is 1. The molecule has 1 aromatic heterocycles. The number of nitrogens with zero attached hydrogens (tertiary/aromatic N) is 1. The third-order valence-corrected chi connectivity index (χ3v) is 4.31. The number of carboxylic acids is 1. The number of rotatable bonds is 7. The van der Waals surface area contributed by atoms with Gasteiger partial charge >= 0.3 is 5.97 Å². The summed E-state index contributed by atoms with van der Waals surface area (Å²) >= 11 is 1.29. The third-order valence-electron chi connectivity index (χ3n) is 3.41. The van der Waals surface area contributed by atoms with Gasteiger partial charge in [-0.05, 0) is 36.8 Å². The average Bonchev–Trinajstić information content (AvgIpc) is 3.10. The van der Waals surface area contributed by atoms with Gasteiger partial charge in [0.05, 0.1) is 0 Å². The van der Waals surface area contributed by atoms with Gasteiger partial charge < -0.3 is 14.6 Å². The zero-order valence-electron chi connectivity index (χ0n) is 13.6. The van der Waals surface area contributed by atoms with Gasteiger partial charge in [-0.3, -0.25) is 0 Å². The predicted octanol–water partition coefficient (Wildman–Crippen LogP) is 4.27. The Kier molecular flexibility index (Phi) is 5.30. The summed E-state index contributed by atoms with van der Waals surface area (Å²) in [7, 11) is 0. The van der Waals surface area contributed by atoms with Crippen LogP contribution in [0.3, 0.4) is 0 Å². The van der Waals surface area contributed by atoms with Crippen LogP contribution >= 0.6 is 11.3 Å². The van der Waals surface area contributed by atoms with Crippen molar-refractivity contribution in [1.82, 2.24) is 4.98 Å². The molecule has 3 rings (SSSR count). The second kappa shape index (κ2) is 7.81. The Labute approximate surface area is 149 Å². The minimum absolute atomic E-state index is 0.0536. The normalized spacial score (nSPS) is 10.4. The molecular formula is C19H17NO4S. The number of carboxylic acid groups (broad SMARTS) is 1. The number of benzene rings is 2. The van der Waals surface area contributed by atoms with Crippen molar-refractivity contribution in [2.45, 2.75) is 6.92 Å². The van der Waals surface area contributed by atoms with E-state index in [4.69, 9.17) is 14.6 Å². The Morgan fingerprint density at radius 3 is 2.40 bits per heavy atom. The number of carbonyl (C=O) groups is 1. The number of hydrogen-bond acceptors (Lipinski definition) is 5. The predicted molar refractivity (Wildman–Crippen MR) is 96.7 cm³/mol. The van der Waals surface area contributed by atoms with E-state index in [1.54, 1.807) is 0 Å². The van der Waals surface area contributed by atoms with Crippen molar-refractivity contribution in [3.05, 3.63) is 65.2 Å². The van der Waals surface area contributed by atoms with Crippen molar-refractivity contribution < 1.29 is 19.4 Å². The molecule has 0 amide bonds. The number of hydrogen-bond donors (Lipinski definition) is 1. The fourth-order valence-corrected chi connectivity index (χ4v) is 3.04. The molecule has 2 aromatic carbocycles. The standard InChI is InChI=1S/C19H17NO4S/c1-13-4-2-6-15(10-13)23-8-9-24-16-7-3-5-14(11-16)18-20-17(12-25-18)19(21)22/h2-7,10-12H,8-9H2,1H3,(H,21,22). The minimum atomic E-state index is -1.02. The number of aromatic nitrogens is 1. The molecule has 0 saturated heterocycles. The van der Waals surface area contributed by atoms with E-state index in [2.05, 4.69) is 4.98 Å². The molecule has 3 aromatic rings. The summed E-state index contributed by atoms with van der Waals surface area (Å²) < 4.78 is 11.4. The highest BCUT2D eigenvalue weighted by Gasteiger charge is 2.10. The molecule has 6 heteroatoms. The first-order valence-electron chi connectivity index (χ1n) is 7.73. The van der Waals surface area contributed by atoms with Crippen molar-refractivity contribution in [2.24, 2.45) is 0 Å². The molecule has 0 radical (unpaired) electrons. The van der Waals surface area contributed by atoms with Gasteiger partial charge in [-0.25, -0.2) is 9.78 Å². The van der Waals surface area contributed by atoms with Gasteiger partial charge in [0, 0.05) is 10.9 Å². The van der Waals surface area contributed by atoms with Gasteiger partial charge in [0.25, 0.3) is 0 Å². The maximum atomic E-state index is 10.9. The molecule has 5 nitrogen and oxygen atoms in total. The molecule has 128 valence electrons. The summed E-state index contributed by atoms with van der Waals surface area (Å²) in [5, 5.41) is 11.1. The highest BCUT2D eigenvalue weighted by molar-refractivity contribution is 7.13. The van der Waals surface area contributed by atoms with E-state index in [0.717, 1.165) is 16.9 Å². The van der Waals surface area contributed by atoms with E-state index < -0.39 is 5.97 Å². The van der Waals surface area contributed by atoms with E-state index in [1.807, 2.05) is 55.5 Å². The summed E-state index contributed by atoms with van der Waals surface area (Å²) in [6.45, 7) is 2.87. The lowest BCUT2D eigenvalue weighted by Gasteiger charge is -2.09. The summed E-state index contributed by atoms with van der Waals surface area (Å²) in [6.07, 6.45) is 0. The van der Waals surface area contributed by atoms with E-state index in [-0.39, 0.29) is 5.69 Å². The molecule has 0 unspecified atom stereocenters. The van der Waals surface area contributed by atoms with Crippen molar-refractivity contribution in [1.29, 1.82) is 0 Å². The van der Waals surface area contributed by atoms with E-state index in [0.29, 0.717) is 24.0 Å². The topological polar surface area (TPSA) is 68.7 Å². The van der Waals surface area contributed by atoms with E-state index in [9.17, 15) is 4.79 Å². The Morgan fingerprint density at radius 1 is 1.08 bits per heavy atom. The lowest BCUT2D eigenvalue weighted by molar-refractivity contribution is 0.0691. The van der Waals surface area contributed by atoms with Crippen LogP contribution in [0.1, 0.15) is 16.1 Å². The molecule has 0 fully saturated rings. The maximum absolute atomic E-state index is 10.9. The second-order valence-electron chi connectivity index (χ2n) is 5.38. The number of ether oxygens (including phenoxy) is 2. The molecule has 1 heterocycles. The monoisotopic (exact) mass is 355 g/mol. The quantitative estimate of drug-likeness (QED) is 0.641. The Morgan fingerprint density at radius 2 is 1.76 bits per heavy atom. The minimum Gasteiger partial charge on any atom is -0.490 e. The van der Waals surface area contributed by atoms with Crippen molar-refractivity contribution in [3.63, 3.8) is 0 Å². The average molecular weight is 355 g/mol. The number of aromatic carboxylic acids is 1. The molecular weight excluding hydrogens is 338 g/mol. The third kappa shape index (κ3) is 4.58. The Bertz CT molecular complexity index is 875. The highest BCUT2D eigenvalue weighted by Crippen LogP contribution is 2.27. The zero-order valence-corrected chi connectivity index (χ0v) is 14.5. The Balaban J connectivity index is 1.57. The molecule has 0 aliphatic rings. The summed E-state index contributed by atoms with van der Waals surface area (Å²) in [5.41, 5.74) is 2.03. The Hall–Kier alpha value is -2.86. The molecule has 0 aliphatic carbocycles. The zero-order chi connectivity index (χ0) is 17.6. The van der Waals surface area contributed by atoms with Crippen LogP contribution in [0.2, 0.25) is 0 Å². The maximum Gasteiger partial charge on any atom is 0.355 e. The van der Waals surface area contributed by atoms with E-state index >= 15 is 0 Å². The van der Waals surface area contributed by atoms with Crippen LogP contribution in [0, 0.1) is 6.92 Å². The lowest BCUT2D eigenvalue weighted by Crippen LogP contribution is -2.09. The largest absolute Gasteiger partial charge is 0.490 e. The summed E-state index contributed by atoms with van der Waals surface area (Å²) in [5.74, 6) is 0.488. The molecule has 0 aliphatic heterocycles. The molecule has 0 bridgehead atoms. The van der Waals surface area contributed by atoms with Gasteiger partial charge in [-0.15, -0.1) is 11.3 Å². The van der Waals surface area contributed by atoms with Gasteiger partial charge in [0.2, 0.25) is 0 Å². The molecule has 0 saturated carbocycles. The lowest BCUT2D eigenvalue weighted by atomic mass is 10.2. The molecule has 25 heavy (non-hydrogen) atoms. The number of thiazole rings is 1. The van der Waals surface area contributed by atoms with Crippen LogP contribution in [0.15, 0.2) is 53.9 Å². The summed E-state index contributed by atoms with van der Waals surface area (Å²) in [6, 6.07) is 15.3. The van der Waals surface area contributed by atoms with Crippen LogP contribution in [0.4, 0.5) is 0 Å². The van der Waals surface area contributed by atoms with Gasteiger partial charge in [0.15, 0.2) is 5.69 Å². The van der Waals surface area contributed by atoms with Gasteiger partial charge in [-0.1, -0.05) is 24.3 Å². The van der Waals surface area contributed by atoms with Gasteiger partial charge in [0.1, 0.15) is 29.7 Å². The fraction of sp³-hybridized carbons (Fsp3) is 0.158. The van der Waals surface area contributed by atoms with Crippen molar-refractivity contribution >= 4 is 17.3 Å². The smallest absolute Gasteiger partial charge is 0.355 e. The highest BCUT2D eigenvalue weighted by atomic mass is 32.1. The van der Waals surface area contributed by atoms with Gasteiger partial charge in [-0.2, -0.15) is 0 Å². The molecule has 1 N–H and O–H groups in total. The second-order valence-corrected chi connectivity index (χ2v) is 6.24. The summed E-state index contributed by atoms with van der Waals surface area (Å²) in [4.78, 5) is 15.0. The SMILES string of the molecule is Cc1cccc(OCCOc2cccc(-c3nc(C(=O)O)cs3)c2)c1. The van der Waals surface area contributed by atoms with Crippen LogP contribution in [0.5, 0.6) is 11.5 Å². The molecule has 0 spiro atoms. The van der Waals surface area contributed by atoms with Crippen molar-refractivity contribution in [2.75, 3.05) is 13.2 Å². The van der Waals surface area contributed by atoms with Crippen molar-refractivity contribution in [3.8, 4) is 22.1 Å². The molecule has 0 atom stereocenters. The van der Waals surface area contributed by atoms with Crippen LogP contribution < -0.4 is 9.47 Å².